The van der Waals surface area contributed by atoms with E-state index < -0.39 is 16.9 Å². The predicted octanol–water partition coefficient (Wildman–Crippen LogP) is -0.815. The number of carboxylic acid groups (broad SMARTS) is 2. The van der Waals surface area contributed by atoms with Crippen molar-refractivity contribution in [1.82, 2.24) is 4.98 Å². The third-order valence-corrected chi connectivity index (χ3v) is 4.25. The molecule has 24 heavy (non-hydrogen) atoms. The number of carbonyl (C=O) groups is 2. The van der Waals surface area contributed by atoms with Gasteiger partial charge in [-0.3, -0.25) is 10.1 Å². The number of carbonyl (C=O) groups excluding carboxylic acids is 1. The van der Waals surface area contributed by atoms with Gasteiger partial charge in [-0.15, -0.1) is 11.8 Å². The molecule has 10 heteroatoms. The Bertz CT molecular complexity index is 583. The van der Waals surface area contributed by atoms with Crippen LogP contribution in [0.1, 0.15) is 12.8 Å². The summed E-state index contributed by atoms with van der Waals surface area (Å²) in [5.74, 6) is -2.80. The van der Waals surface area contributed by atoms with Crippen LogP contribution in [0.4, 0.5) is 5.69 Å². The van der Waals surface area contributed by atoms with Crippen molar-refractivity contribution >= 4 is 29.4 Å². The summed E-state index contributed by atoms with van der Waals surface area (Å²) in [4.78, 5) is 33.1. The number of aromatic nitrogens is 1. The predicted molar refractivity (Wildman–Crippen MR) is 83.2 cm³/mol. The first-order chi connectivity index (χ1) is 11.4. The third-order valence-electron chi connectivity index (χ3n) is 2.97. The molecule has 1 aromatic rings. The molecule has 1 aliphatic heterocycles. The fraction of sp³-hybridized carbons (Fsp3) is 0.357. The molecule has 1 fully saturated rings. The number of thioether (sulfide) groups is 1. The molecule has 3 N–H and O–H groups in total. The lowest BCUT2D eigenvalue weighted by atomic mass is 10.2. The maximum atomic E-state index is 10.5. The van der Waals surface area contributed by atoms with E-state index in [1.54, 1.807) is 17.8 Å². The molecule has 0 bridgehead atoms. The van der Waals surface area contributed by atoms with Crippen molar-refractivity contribution in [3.63, 3.8) is 0 Å². The van der Waals surface area contributed by atoms with Gasteiger partial charge in [-0.2, -0.15) is 0 Å². The van der Waals surface area contributed by atoms with E-state index in [0.29, 0.717) is 17.4 Å². The van der Waals surface area contributed by atoms with E-state index >= 15 is 0 Å². The lowest BCUT2D eigenvalue weighted by Gasteiger charge is -2.18. The Labute approximate surface area is 141 Å². The summed E-state index contributed by atoms with van der Waals surface area (Å²) in [6.07, 6.45) is 4.64. The van der Waals surface area contributed by atoms with Crippen molar-refractivity contribution in [1.29, 1.82) is 0 Å². The molecule has 0 aliphatic carbocycles. The first-order valence-electron chi connectivity index (χ1n) is 7.09. The van der Waals surface area contributed by atoms with E-state index in [2.05, 4.69) is 10.3 Å². The average Bonchev–Trinajstić information content (AvgIpc) is 2.55. The van der Waals surface area contributed by atoms with Gasteiger partial charge in [-0.25, -0.2) is 9.78 Å². The monoisotopic (exact) mass is 355 g/mol. The lowest BCUT2D eigenvalue weighted by molar-refractivity contribution is -0.661. The molecular formula is C14H17N3O6S. The molecular weight excluding hydrogens is 338 g/mol. The molecule has 0 atom stereocenters. The molecule has 0 spiro atoms. The summed E-state index contributed by atoms with van der Waals surface area (Å²) in [7, 11) is 0. The van der Waals surface area contributed by atoms with E-state index in [1.165, 1.54) is 38.2 Å². The Morgan fingerprint density at radius 2 is 2.00 bits per heavy atom. The van der Waals surface area contributed by atoms with Crippen LogP contribution in [0, 0.1) is 10.1 Å². The highest BCUT2D eigenvalue weighted by Crippen LogP contribution is 2.26. The van der Waals surface area contributed by atoms with Crippen LogP contribution in [0.15, 0.2) is 35.5 Å². The van der Waals surface area contributed by atoms with Crippen LogP contribution in [-0.4, -0.2) is 45.3 Å². The highest BCUT2D eigenvalue weighted by atomic mass is 32.2. The Balaban J connectivity index is 0.000000307. The molecule has 0 aromatic carbocycles. The van der Waals surface area contributed by atoms with E-state index in [9.17, 15) is 24.8 Å². The molecule has 9 nitrogen and oxygen atoms in total. The average molecular weight is 355 g/mol. The second kappa shape index (κ2) is 10.3. The summed E-state index contributed by atoms with van der Waals surface area (Å²) in [5, 5.41) is 31.5. The molecule has 0 unspecified atom stereocenters. The van der Waals surface area contributed by atoms with Gasteiger partial charge in [0.2, 0.25) is 0 Å². The molecule has 1 aliphatic rings. The third kappa shape index (κ3) is 8.25. The van der Waals surface area contributed by atoms with Crippen LogP contribution >= 0.6 is 11.8 Å². The smallest absolute Gasteiger partial charge is 0.328 e. The number of hydrogen-bond acceptors (Lipinski definition) is 7. The van der Waals surface area contributed by atoms with Crippen LogP contribution < -0.4 is 10.4 Å². The SMILES string of the molecule is O=C([O-])/C=C/C(=O)O.O=[N+]([O-])c1ccc(SC2CC[NH2+]CC2)nc1. The summed E-state index contributed by atoms with van der Waals surface area (Å²) in [5.41, 5.74) is 0.0568. The van der Waals surface area contributed by atoms with Gasteiger partial charge < -0.3 is 20.3 Å². The maximum Gasteiger partial charge on any atom is 0.328 e. The standard InChI is InChI=1S/C10H13N3O2S.C4H4O4/c14-13(15)8-1-2-10(12-7-8)16-9-3-5-11-6-4-9;5-3(6)1-2-4(7)8/h1-2,7,9,11H,3-6H2;1-2H,(H,5,6)(H,7,8)/b;2-1+. The van der Waals surface area contributed by atoms with Crippen LogP contribution in [0.5, 0.6) is 0 Å². The number of hydrogen-bond donors (Lipinski definition) is 2. The topological polar surface area (TPSA) is 150 Å². The molecule has 0 radical (unpaired) electrons. The Hall–Kier alpha value is -2.46. The van der Waals surface area contributed by atoms with Gasteiger partial charge in [-0.05, 0) is 12.1 Å². The van der Waals surface area contributed by atoms with E-state index in [1.807, 2.05) is 0 Å². The van der Waals surface area contributed by atoms with Gasteiger partial charge >= 0.3 is 5.97 Å². The quantitative estimate of drug-likeness (QED) is 0.395. The van der Waals surface area contributed by atoms with Crippen LogP contribution in [0.25, 0.3) is 0 Å². The number of piperidine rings is 1. The van der Waals surface area contributed by atoms with Crippen molar-refractivity contribution in [2.45, 2.75) is 23.1 Å². The molecule has 2 heterocycles. The zero-order valence-corrected chi connectivity index (χ0v) is 13.5. The molecule has 2 rings (SSSR count). The molecule has 0 saturated carbocycles. The summed E-state index contributed by atoms with van der Waals surface area (Å²) >= 11 is 1.73. The van der Waals surface area contributed by atoms with Gasteiger partial charge in [0.25, 0.3) is 5.69 Å². The number of nitro groups is 1. The number of nitrogens with two attached hydrogens (primary N) is 1. The van der Waals surface area contributed by atoms with Gasteiger partial charge in [0.05, 0.1) is 29.0 Å². The fourth-order valence-electron chi connectivity index (χ4n) is 1.87. The number of pyridine rings is 1. The van der Waals surface area contributed by atoms with Gasteiger partial charge in [-0.1, -0.05) is 0 Å². The Morgan fingerprint density at radius 3 is 2.42 bits per heavy atom. The largest absolute Gasteiger partial charge is 0.545 e. The van der Waals surface area contributed by atoms with Crippen molar-refractivity contribution in [3.05, 3.63) is 40.6 Å². The van der Waals surface area contributed by atoms with Crippen LogP contribution in [-0.2, 0) is 9.59 Å². The highest BCUT2D eigenvalue weighted by molar-refractivity contribution is 7.99. The minimum Gasteiger partial charge on any atom is -0.545 e. The first kappa shape index (κ1) is 19.6. The number of aliphatic carboxylic acids is 2. The Kier molecular flexibility index (Phi) is 8.44. The normalized spacial score (nSPS) is 14.7. The molecule has 0 amide bonds. The minimum absolute atomic E-state index is 0.0568. The number of quaternary nitrogens is 1. The highest BCUT2D eigenvalue weighted by Gasteiger charge is 2.17. The number of rotatable bonds is 5. The molecule has 1 saturated heterocycles. The Morgan fingerprint density at radius 1 is 1.33 bits per heavy atom. The van der Waals surface area contributed by atoms with Crippen molar-refractivity contribution in [2.75, 3.05) is 13.1 Å². The van der Waals surface area contributed by atoms with Crippen LogP contribution in [0.2, 0.25) is 0 Å². The fourth-order valence-corrected chi connectivity index (χ4v) is 2.98. The van der Waals surface area contributed by atoms with Gasteiger partial charge in [0.15, 0.2) is 0 Å². The molecule has 130 valence electrons. The first-order valence-corrected chi connectivity index (χ1v) is 7.97. The second-order valence-electron chi connectivity index (χ2n) is 4.79. The summed E-state index contributed by atoms with van der Waals surface area (Å²) in [6, 6.07) is 3.26. The maximum absolute atomic E-state index is 10.5. The van der Waals surface area contributed by atoms with E-state index in [-0.39, 0.29) is 5.69 Å². The zero-order valence-electron chi connectivity index (χ0n) is 12.7. The second-order valence-corrected chi connectivity index (χ2v) is 6.11. The summed E-state index contributed by atoms with van der Waals surface area (Å²) < 4.78 is 0. The van der Waals surface area contributed by atoms with Crippen molar-refractivity contribution < 1.29 is 30.0 Å². The number of carboxylic acids is 2. The summed E-state index contributed by atoms with van der Waals surface area (Å²) in [6.45, 7) is 2.34. The van der Waals surface area contributed by atoms with Gasteiger partial charge in [0.1, 0.15) is 6.20 Å². The van der Waals surface area contributed by atoms with Crippen molar-refractivity contribution in [2.24, 2.45) is 0 Å². The minimum atomic E-state index is -1.51. The zero-order chi connectivity index (χ0) is 17.9. The van der Waals surface area contributed by atoms with E-state index in [0.717, 1.165) is 5.03 Å². The van der Waals surface area contributed by atoms with E-state index in [4.69, 9.17) is 5.11 Å². The number of nitrogens with zero attached hydrogens (tertiary/aromatic N) is 2. The van der Waals surface area contributed by atoms with Crippen molar-refractivity contribution in [3.8, 4) is 0 Å². The van der Waals surface area contributed by atoms with Crippen LogP contribution in [0.3, 0.4) is 0 Å². The molecule has 1 aromatic heterocycles. The lowest BCUT2D eigenvalue weighted by Crippen LogP contribution is -2.86. The van der Waals surface area contributed by atoms with Gasteiger partial charge in [0, 0.05) is 30.2 Å².